The summed E-state index contributed by atoms with van der Waals surface area (Å²) in [6.45, 7) is 4.60. The molecule has 0 fully saturated rings. The highest BCUT2D eigenvalue weighted by atomic mass is 31.2. The molecule has 0 aliphatic rings. The molecule has 0 heterocycles. The van der Waals surface area contributed by atoms with Gasteiger partial charge in [-0.25, -0.2) is 9.13 Å². The number of aliphatic hydroxyl groups excluding tert-OH is 1. The second-order valence-electron chi connectivity index (χ2n) is 26.9. The van der Waals surface area contributed by atoms with E-state index in [1.165, 1.54) is 64.2 Å². The Morgan fingerprint density at radius 2 is 0.500 bits per heavy atom. The number of hydrogen-bond acceptors (Lipinski definition) is 15. The number of carbonyl (C=O) groups is 4. The van der Waals surface area contributed by atoms with Crippen molar-refractivity contribution in [2.75, 3.05) is 39.6 Å². The summed E-state index contributed by atoms with van der Waals surface area (Å²) in [7, 11) is -9.97. The molecule has 0 aliphatic heterocycles. The molecule has 0 saturated carbocycles. The van der Waals surface area contributed by atoms with Crippen LogP contribution in [0.4, 0.5) is 0 Å². The average Bonchev–Trinajstić information content (AvgIpc) is 0.911. The van der Waals surface area contributed by atoms with Crippen molar-refractivity contribution in [3.63, 3.8) is 0 Å². The number of phosphoric acid groups is 2. The van der Waals surface area contributed by atoms with Crippen LogP contribution in [0.2, 0.25) is 0 Å². The van der Waals surface area contributed by atoms with Crippen LogP contribution in [0.3, 0.4) is 0 Å². The van der Waals surface area contributed by atoms with Gasteiger partial charge in [-0.3, -0.25) is 37.3 Å². The molecule has 0 amide bonds. The lowest BCUT2D eigenvalue weighted by Crippen LogP contribution is -2.30. The monoisotopic (exact) mass is 1500 g/mol. The molecule has 3 N–H and O–H groups in total. The van der Waals surface area contributed by atoms with Crippen LogP contribution in [0.1, 0.15) is 336 Å². The summed E-state index contributed by atoms with van der Waals surface area (Å²) in [5.41, 5.74) is 0. The Bertz CT molecular complexity index is 2440. The maximum atomic E-state index is 13.1. The highest BCUT2D eigenvalue weighted by Crippen LogP contribution is 2.45. The topological polar surface area (TPSA) is 237 Å². The maximum Gasteiger partial charge on any atom is 0.472 e. The Hall–Kier alpha value is -4.54. The fourth-order valence-corrected chi connectivity index (χ4v) is 12.3. The summed E-state index contributed by atoms with van der Waals surface area (Å²) in [5, 5.41) is 10.6. The van der Waals surface area contributed by atoms with E-state index >= 15 is 0 Å². The lowest BCUT2D eigenvalue weighted by molar-refractivity contribution is -0.161. The van der Waals surface area contributed by atoms with Gasteiger partial charge in [-0.15, -0.1) is 0 Å². The van der Waals surface area contributed by atoms with Crippen molar-refractivity contribution in [2.24, 2.45) is 0 Å². The minimum Gasteiger partial charge on any atom is -0.462 e. The number of esters is 4. The standard InChI is InChI=1S/C85H146O17P2/c1-5-9-13-17-21-25-29-33-36-38-39-41-43-47-50-54-58-62-66-70-83(88)96-76-81(102-85(90)72-68-64-60-56-52-48-44-40-37-34-30-26-22-18-14-10-6-2)78-100-104(93,94)98-74-79(86)73-97-103(91,92)99-77-80(101-84(89)71-67-63-59-55-51-45-32-28-24-20-16-12-8-4)75-95-82(87)69-65-61-57-53-49-46-42-35-31-27-23-19-15-11-7-3/h9-10,13-14,21-22,25-26,28,32-37,39,41-42,44,48,79-81,86H,5-8,11-12,15-20,23-24,27,29-31,38,40,43,45-47,49-78H2,1-4H3,(H,91,92)(H,93,94)/b13-9-,14-10-,25-21-,26-22-,32-28-,36-33-,37-34-,41-39-,42-35-,48-44-. The number of hydrogen-bond donors (Lipinski definition) is 3. The Morgan fingerprint density at radius 3 is 0.788 bits per heavy atom. The molecule has 0 spiro atoms. The Labute approximate surface area is 632 Å². The summed E-state index contributed by atoms with van der Waals surface area (Å²) in [6, 6.07) is 0. The summed E-state index contributed by atoms with van der Waals surface area (Å²) >= 11 is 0. The predicted octanol–water partition coefficient (Wildman–Crippen LogP) is 23.9. The first-order chi connectivity index (χ1) is 50.7. The van der Waals surface area contributed by atoms with E-state index in [2.05, 4.69) is 149 Å². The van der Waals surface area contributed by atoms with Crippen molar-refractivity contribution in [3.05, 3.63) is 122 Å². The molecule has 0 aromatic rings. The first kappa shape index (κ1) is 99.5. The van der Waals surface area contributed by atoms with Gasteiger partial charge in [0, 0.05) is 25.7 Å². The largest absolute Gasteiger partial charge is 0.472 e. The Balaban J connectivity index is 5.40. The lowest BCUT2D eigenvalue weighted by atomic mass is 10.1. The SMILES string of the molecule is CC/C=C\C/C=C\C/C=C\C/C=C\CCCCCCCCC(=O)OCC(COP(=O)(O)OCC(O)COP(=O)(O)OCC(COC(=O)CCCCCCC/C=C\CCCCCCCC)OC(=O)CCCCCCC/C=C\CCCCCC)OC(=O)CCCCCC/C=C\C/C=C\C/C=C\C/C=C\CC. The zero-order chi connectivity index (χ0) is 76.0. The van der Waals surface area contributed by atoms with Gasteiger partial charge in [0.05, 0.1) is 26.4 Å². The smallest absolute Gasteiger partial charge is 0.462 e. The van der Waals surface area contributed by atoms with E-state index in [1.807, 2.05) is 0 Å². The van der Waals surface area contributed by atoms with E-state index in [0.29, 0.717) is 25.7 Å². The molecule has 104 heavy (non-hydrogen) atoms. The number of phosphoric ester groups is 2. The molecule has 0 radical (unpaired) electrons. The van der Waals surface area contributed by atoms with Gasteiger partial charge in [0.1, 0.15) is 19.3 Å². The van der Waals surface area contributed by atoms with Gasteiger partial charge in [0.2, 0.25) is 0 Å². The van der Waals surface area contributed by atoms with E-state index in [9.17, 15) is 43.2 Å². The fourth-order valence-electron chi connectivity index (χ4n) is 10.7. The van der Waals surface area contributed by atoms with Crippen LogP contribution in [0.25, 0.3) is 0 Å². The number of unbranched alkanes of at least 4 members (excludes halogenated alkanes) is 30. The quantitative estimate of drug-likeness (QED) is 0.0169. The first-order valence-electron chi connectivity index (χ1n) is 40.8. The third-order valence-electron chi connectivity index (χ3n) is 16.9. The first-order valence-corrected chi connectivity index (χ1v) is 43.8. The van der Waals surface area contributed by atoms with Gasteiger partial charge in [0.15, 0.2) is 12.2 Å². The molecular formula is C85H146O17P2. The highest BCUT2D eigenvalue weighted by molar-refractivity contribution is 7.47. The number of ether oxygens (including phenoxy) is 4. The van der Waals surface area contributed by atoms with Crippen LogP contribution in [0.5, 0.6) is 0 Å². The maximum absolute atomic E-state index is 13.1. The minimum atomic E-state index is -4.99. The Morgan fingerprint density at radius 1 is 0.279 bits per heavy atom. The zero-order valence-electron chi connectivity index (χ0n) is 65.4. The predicted molar refractivity (Wildman–Crippen MR) is 427 cm³/mol. The van der Waals surface area contributed by atoms with E-state index < -0.39 is 97.5 Å². The van der Waals surface area contributed by atoms with Gasteiger partial charge in [0.25, 0.3) is 0 Å². The molecule has 5 atom stereocenters. The molecule has 17 nitrogen and oxygen atoms in total. The van der Waals surface area contributed by atoms with E-state index in [-0.39, 0.29) is 25.7 Å². The van der Waals surface area contributed by atoms with Crippen molar-refractivity contribution in [2.45, 2.75) is 354 Å². The zero-order valence-corrected chi connectivity index (χ0v) is 67.2. The van der Waals surface area contributed by atoms with Gasteiger partial charge in [-0.1, -0.05) is 278 Å². The molecule has 0 aromatic carbocycles. The van der Waals surface area contributed by atoms with Crippen LogP contribution in [-0.2, 0) is 65.4 Å². The van der Waals surface area contributed by atoms with E-state index in [1.54, 1.807) is 0 Å². The average molecular weight is 1500 g/mol. The number of carbonyl (C=O) groups excluding carboxylic acids is 4. The van der Waals surface area contributed by atoms with Crippen LogP contribution < -0.4 is 0 Å². The van der Waals surface area contributed by atoms with Crippen molar-refractivity contribution in [1.82, 2.24) is 0 Å². The molecule has 19 heteroatoms. The third kappa shape index (κ3) is 75.7. The molecule has 598 valence electrons. The van der Waals surface area contributed by atoms with E-state index in [4.69, 9.17) is 37.0 Å². The van der Waals surface area contributed by atoms with Crippen LogP contribution in [-0.4, -0.2) is 96.7 Å². The van der Waals surface area contributed by atoms with Crippen LogP contribution in [0.15, 0.2) is 122 Å². The van der Waals surface area contributed by atoms with Crippen LogP contribution in [0, 0.1) is 0 Å². The summed E-state index contributed by atoms with van der Waals surface area (Å²) in [5.74, 6) is -2.23. The van der Waals surface area contributed by atoms with Gasteiger partial charge >= 0.3 is 39.5 Å². The minimum absolute atomic E-state index is 0.0609. The van der Waals surface area contributed by atoms with Gasteiger partial charge < -0.3 is 33.8 Å². The van der Waals surface area contributed by atoms with E-state index in [0.717, 1.165) is 193 Å². The number of aliphatic hydroxyl groups is 1. The van der Waals surface area contributed by atoms with Crippen molar-refractivity contribution >= 4 is 39.5 Å². The van der Waals surface area contributed by atoms with Gasteiger partial charge in [-0.05, 0) is 154 Å². The van der Waals surface area contributed by atoms with Crippen molar-refractivity contribution < 1.29 is 80.2 Å². The molecule has 5 unspecified atom stereocenters. The highest BCUT2D eigenvalue weighted by Gasteiger charge is 2.30. The normalized spacial score (nSPS) is 14.5. The summed E-state index contributed by atoms with van der Waals surface area (Å²) in [6.07, 6.45) is 84.5. The second kappa shape index (κ2) is 76.6. The van der Waals surface area contributed by atoms with Crippen LogP contribution >= 0.6 is 15.6 Å². The molecule has 0 rings (SSSR count). The molecular weight excluding hydrogens is 1350 g/mol. The van der Waals surface area contributed by atoms with Crippen molar-refractivity contribution in [3.8, 4) is 0 Å². The third-order valence-corrected chi connectivity index (χ3v) is 18.8. The fraction of sp³-hybridized carbons (Fsp3) is 0.718. The Kier molecular flexibility index (Phi) is 73.3. The summed E-state index contributed by atoms with van der Waals surface area (Å²) < 4.78 is 68.6. The van der Waals surface area contributed by atoms with Crippen molar-refractivity contribution in [1.29, 1.82) is 0 Å². The molecule has 0 aromatic heterocycles. The lowest BCUT2D eigenvalue weighted by Gasteiger charge is -2.21. The summed E-state index contributed by atoms with van der Waals surface area (Å²) in [4.78, 5) is 73.1. The molecule has 0 saturated heterocycles. The van der Waals surface area contributed by atoms with Gasteiger partial charge in [-0.2, -0.15) is 0 Å². The molecule has 0 aliphatic carbocycles. The second-order valence-corrected chi connectivity index (χ2v) is 29.8. The number of rotatable bonds is 76. The number of allylic oxidation sites excluding steroid dienone is 20. The molecule has 0 bridgehead atoms.